The molecular weight excluding hydrogens is 259 g/mol. The SMILES string of the molecule is C=C/C(=C\C=C(\O)C=C)CCBCCc1ccc(O)cc1. The molecule has 1 aromatic carbocycles. The van der Waals surface area contributed by atoms with Gasteiger partial charge in [-0.05, 0) is 48.3 Å². The maximum atomic E-state index is 9.30. The first-order valence-corrected chi connectivity index (χ1v) is 7.28. The molecule has 110 valence electrons. The molecule has 0 heterocycles. The Labute approximate surface area is 128 Å². The highest BCUT2D eigenvalue weighted by Gasteiger charge is 1.97. The third-order valence-electron chi connectivity index (χ3n) is 3.31. The normalized spacial score (nSPS) is 12.0. The first kappa shape index (κ1) is 16.9. The lowest BCUT2D eigenvalue weighted by Gasteiger charge is -2.02. The van der Waals surface area contributed by atoms with Crippen LogP contribution in [0.2, 0.25) is 12.6 Å². The van der Waals surface area contributed by atoms with Gasteiger partial charge in [-0.15, -0.1) is 0 Å². The maximum absolute atomic E-state index is 9.30. The van der Waals surface area contributed by atoms with E-state index in [2.05, 4.69) is 13.2 Å². The van der Waals surface area contributed by atoms with E-state index in [9.17, 15) is 10.2 Å². The van der Waals surface area contributed by atoms with Gasteiger partial charge in [-0.2, -0.15) is 0 Å². The van der Waals surface area contributed by atoms with Crippen LogP contribution in [0.1, 0.15) is 12.0 Å². The summed E-state index contributed by atoms with van der Waals surface area (Å²) >= 11 is 0. The number of hydrogen-bond acceptors (Lipinski definition) is 2. The third kappa shape index (κ3) is 7.26. The van der Waals surface area contributed by atoms with Crippen LogP contribution >= 0.6 is 0 Å². The first-order valence-electron chi connectivity index (χ1n) is 7.28. The van der Waals surface area contributed by atoms with Crippen LogP contribution in [-0.4, -0.2) is 17.5 Å². The molecule has 0 aliphatic rings. The number of allylic oxidation sites excluding steroid dienone is 5. The van der Waals surface area contributed by atoms with Crippen molar-refractivity contribution in [2.24, 2.45) is 0 Å². The molecule has 1 rings (SSSR count). The summed E-state index contributed by atoms with van der Waals surface area (Å²) in [4.78, 5) is 0. The van der Waals surface area contributed by atoms with Gasteiger partial charge in [-0.1, -0.05) is 50.1 Å². The smallest absolute Gasteiger partial charge is 0.121 e. The number of aliphatic hydroxyl groups is 1. The Hall–Kier alpha value is -2.16. The van der Waals surface area contributed by atoms with Crippen molar-refractivity contribution in [3.05, 3.63) is 78.6 Å². The highest BCUT2D eigenvalue weighted by Crippen LogP contribution is 2.13. The standard InChI is InChI=1S/C18H23BO2/c1-3-15(5-8-17(20)4-2)11-13-19-14-12-16-6-9-18(21)10-7-16/h3-10,19-21H,1-2,11-14H2/b15-5+,17-8+. The number of aromatic hydroxyl groups is 1. The van der Waals surface area contributed by atoms with Gasteiger partial charge in [0.15, 0.2) is 0 Å². The Morgan fingerprint density at radius 3 is 2.38 bits per heavy atom. The molecular formula is C18H23BO2. The lowest BCUT2D eigenvalue weighted by Crippen LogP contribution is -1.94. The van der Waals surface area contributed by atoms with E-state index in [0.717, 1.165) is 38.3 Å². The van der Waals surface area contributed by atoms with Crippen molar-refractivity contribution in [1.29, 1.82) is 0 Å². The number of phenolic OH excluding ortho intramolecular Hbond substituents is 1. The molecule has 0 bridgehead atoms. The van der Waals surface area contributed by atoms with Crippen LogP contribution in [0.25, 0.3) is 0 Å². The molecule has 0 saturated heterocycles. The van der Waals surface area contributed by atoms with Crippen molar-refractivity contribution in [3.8, 4) is 5.75 Å². The molecule has 1 aromatic rings. The molecule has 0 fully saturated rings. The Morgan fingerprint density at radius 2 is 1.76 bits per heavy atom. The highest BCUT2D eigenvalue weighted by molar-refractivity contribution is 6.35. The van der Waals surface area contributed by atoms with Gasteiger partial charge in [0.1, 0.15) is 18.8 Å². The van der Waals surface area contributed by atoms with E-state index in [1.165, 1.54) is 11.6 Å². The molecule has 2 N–H and O–H groups in total. The summed E-state index contributed by atoms with van der Waals surface area (Å²) in [6, 6.07) is 7.39. The molecule has 0 radical (unpaired) electrons. The second-order valence-corrected chi connectivity index (χ2v) is 4.97. The molecule has 21 heavy (non-hydrogen) atoms. The van der Waals surface area contributed by atoms with E-state index < -0.39 is 0 Å². The molecule has 0 aliphatic carbocycles. The van der Waals surface area contributed by atoms with E-state index in [4.69, 9.17) is 0 Å². The van der Waals surface area contributed by atoms with Gasteiger partial charge < -0.3 is 10.2 Å². The first-order chi connectivity index (χ1) is 10.2. The molecule has 0 atom stereocenters. The number of benzene rings is 1. The molecule has 0 spiro atoms. The Balaban J connectivity index is 2.27. The van der Waals surface area contributed by atoms with Crippen molar-refractivity contribution in [2.45, 2.75) is 25.5 Å². The molecule has 3 heteroatoms. The zero-order chi connectivity index (χ0) is 15.5. The lowest BCUT2D eigenvalue weighted by atomic mass is 9.67. The van der Waals surface area contributed by atoms with Gasteiger partial charge in [-0.3, -0.25) is 0 Å². The predicted octanol–water partition coefficient (Wildman–Crippen LogP) is 4.34. The Kier molecular flexibility index (Phi) is 7.81. The molecule has 0 aromatic heterocycles. The topological polar surface area (TPSA) is 40.5 Å². The zero-order valence-electron chi connectivity index (χ0n) is 12.5. The number of aryl methyl sites for hydroxylation is 1. The quantitative estimate of drug-likeness (QED) is 0.306. The van der Waals surface area contributed by atoms with E-state index in [0.29, 0.717) is 5.75 Å². The van der Waals surface area contributed by atoms with Crippen molar-refractivity contribution in [2.75, 3.05) is 0 Å². The maximum Gasteiger partial charge on any atom is 0.121 e. The van der Waals surface area contributed by atoms with Gasteiger partial charge in [0.25, 0.3) is 0 Å². The van der Waals surface area contributed by atoms with Crippen LogP contribution in [0, 0.1) is 0 Å². The summed E-state index contributed by atoms with van der Waals surface area (Å²) in [5.74, 6) is 0.483. The summed E-state index contributed by atoms with van der Waals surface area (Å²) in [6.45, 7) is 7.29. The van der Waals surface area contributed by atoms with Crippen LogP contribution in [0.5, 0.6) is 5.75 Å². The average molecular weight is 282 g/mol. The van der Waals surface area contributed by atoms with E-state index in [1.54, 1.807) is 18.2 Å². The number of hydrogen-bond donors (Lipinski definition) is 2. The van der Waals surface area contributed by atoms with Crippen molar-refractivity contribution < 1.29 is 10.2 Å². The minimum atomic E-state index is 0.168. The lowest BCUT2D eigenvalue weighted by molar-refractivity contribution is 0.433. The van der Waals surface area contributed by atoms with Crippen LogP contribution in [0.15, 0.2) is 73.1 Å². The van der Waals surface area contributed by atoms with Gasteiger partial charge in [-0.25, -0.2) is 0 Å². The largest absolute Gasteiger partial charge is 0.508 e. The fourth-order valence-electron chi connectivity index (χ4n) is 2.01. The van der Waals surface area contributed by atoms with Gasteiger partial charge in [0.2, 0.25) is 0 Å². The molecule has 0 aliphatic heterocycles. The summed E-state index contributed by atoms with van der Waals surface area (Å²) in [6.07, 6.45) is 11.0. The number of rotatable bonds is 9. The predicted molar refractivity (Wildman–Crippen MR) is 92.4 cm³/mol. The minimum absolute atomic E-state index is 0.168. The van der Waals surface area contributed by atoms with Crippen molar-refractivity contribution in [3.63, 3.8) is 0 Å². The third-order valence-corrected chi connectivity index (χ3v) is 3.31. The second kappa shape index (κ2) is 9.70. The summed E-state index contributed by atoms with van der Waals surface area (Å²) < 4.78 is 0. The highest BCUT2D eigenvalue weighted by atomic mass is 16.3. The molecule has 0 unspecified atom stereocenters. The second-order valence-electron chi connectivity index (χ2n) is 4.97. The minimum Gasteiger partial charge on any atom is -0.508 e. The summed E-state index contributed by atoms with van der Waals surface area (Å²) in [5.41, 5.74) is 2.37. The van der Waals surface area contributed by atoms with Gasteiger partial charge in [0.05, 0.1) is 0 Å². The van der Waals surface area contributed by atoms with E-state index in [1.807, 2.05) is 24.3 Å². The van der Waals surface area contributed by atoms with Gasteiger partial charge in [0, 0.05) is 0 Å². The van der Waals surface area contributed by atoms with Gasteiger partial charge >= 0.3 is 0 Å². The van der Waals surface area contributed by atoms with E-state index in [-0.39, 0.29) is 5.76 Å². The van der Waals surface area contributed by atoms with Crippen LogP contribution in [-0.2, 0) is 6.42 Å². The van der Waals surface area contributed by atoms with Crippen LogP contribution in [0.3, 0.4) is 0 Å². The Morgan fingerprint density at radius 1 is 1.05 bits per heavy atom. The van der Waals surface area contributed by atoms with Crippen molar-refractivity contribution >= 4 is 7.28 Å². The molecule has 0 saturated carbocycles. The average Bonchev–Trinajstić information content (AvgIpc) is 2.51. The van der Waals surface area contributed by atoms with Crippen LogP contribution < -0.4 is 0 Å². The number of aliphatic hydroxyl groups excluding tert-OH is 1. The summed E-state index contributed by atoms with van der Waals surface area (Å²) in [5, 5.41) is 18.5. The number of phenols is 1. The molecule has 2 nitrogen and oxygen atoms in total. The Bertz CT molecular complexity index is 513. The fraction of sp³-hybridized carbons (Fsp3) is 0.222. The van der Waals surface area contributed by atoms with E-state index >= 15 is 0 Å². The monoisotopic (exact) mass is 282 g/mol. The fourth-order valence-corrected chi connectivity index (χ4v) is 2.01. The van der Waals surface area contributed by atoms with Crippen LogP contribution in [0.4, 0.5) is 0 Å². The molecule has 0 amide bonds. The zero-order valence-corrected chi connectivity index (χ0v) is 12.5. The van der Waals surface area contributed by atoms with Crippen molar-refractivity contribution in [1.82, 2.24) is 0 Å². The summed E-state index contributed by atoms with van der Waals surface area (Å²) in [7, 11) is 1.14.